The first kappa shape index (κ1) is 22.7. The van der Waals surface area contributed by atoms with Crippen LogP contribution < -0.4 is 14.4 Å². The highest BCUT2D eigenvalue weighted by Crippen LogP contribution is 2.30. The molecule has 29 heavy (non-hydrogen) atoms. The first-order valence-electron chi connectivity index (χ1n) is 9.52. The fourth-order valence-electron chi connectivity index (χ4n) is 2.87. The van der Waals surface area contributed by atoms with Gasteiger partial charge in [-0.3, -0.25) is 9.10 Å². The topological polar surface area (TPSA) is 75.7 Å². The van der Waals surface area contributed by atoms with Gasteiger partial charge in [0, 0.05) is 19.5 Å². The zero-order chi connectivity index (χ0) is 21.3. The molecule has 1 amide bonds. The fourth-order valence-corrected chi connectivity index (χ4v) is 3.84. The van der Waals surface area contributed by atoms with E-state index in [1.54, 1.807) is 36.4 Å². The normalized spacial score (nSPS) is 11.1. The fraction of sp³-hybridized carbons (Fsp3) is 0.381. The standard InChI is InChI=1S/C21H27FN2O4S/c1-3-28-20-8-5-4-7-19(20)24(29(2,26)27)16-6-9-21(25)23-15-14-17-10-12-18(22)13-11-17/h4-5,7-8,10-13H,3,6,9,14-16H2,1-2H3,(H,23,25). The van der Waals surface area contributed by atoms with Crippen LogP contribution in [0.1, 0.15) is 25.3 Å². The molecule has 0 fully saturated rings. The second kappa shape index (κ2) is 10.8. The van der Waals surface area contributed by atoms with Crippen molar-refractivity contribution in [2.24, 2.45) is 0 Å². The summed E-state index contributed by atoms with van der Waals surface area (Å²) in [6.45, 7) is 2.87. The van der Waals surface area contributed by atoms with Crippen LogP contribution in [-0.2, 0) is 21.2 Å². The lowest BCUT2D eigenvalue weighted by Gasteiger charge is -2.24. The lowest BCUT2D eigenvalue weighted by atomic mass is 10.1. The number of nitrogens with zero attached hydrogens (tertiary/aromatic N) is 1. The Morgan fingerprint density at radius 1 is 1.14 bits per heavy atom. The van der Waals surface area contributed by atoms with Gasteiger partial charge in [-0.15, -0.1) is 0 Å². The van der Waals surface area contributed by atoms with E-state index in [1.165, 1.54) is 16.4 Å². The second-order valence-electron chi connectivity index (χ2n) is 6.57. The van der Waals surface area contributed by atoms with Gasteiger partial charge in [0.1, 0.15) is 11.6 Å². The highest BCUT2D eigenvalue weighted by Gasteiger charge is 2.21. The van der Waals surface area contributed by atoms with E-state index in [9.17, 15) is 17.6 Å². The summed E-state index contributed by atoms with van der Waals surface area (Å²) in [7, 11) is -3.52. The van der Waals surface area contributed by atoms with Gasteiger partial charge in [0.15, 0.2) is 0 Å². The Balaban J connectivity index is 1.87. The van der Waals surface area contributed by atoms with Crippen molar-refractivity contribution in [3.05, 3.63) is 59.9 Å². The maximum atomic E-state index is 12.9. The summed E-state index contributed by atoms with van der Waals surface area (Å²) >= 11 is 0. The number of benzene rings is 2. The van der Waals surface area contributed by atoms with Crippen LogP contribution in [0, 0.1) is 5.82 Å². The zero-order valence-electron chi connectivity index (χ0n) is 16.7. The van der Waals surface area contributed by atoms with Gasteiger partial charge in [-0.25, -0.2) is 12.8 Å². The van der Waals surface area contributed by atoms with Crippen LogP contribution in [0.5, 0.6) is 5.75 Å². The highest BCUT2D eigenvalue weighted by atomic mass is 32.2. The third-order valence-corrected chi connectivity index (χ3v) is 5.43. The largest absolute Gasteiger partial charge is 0.492 e. The average Bonchev–Trinajstić information content (AvgIpc) is 2.67. The van der Waals surface area contributed by atoms with E-state index in [-0.39, 0.29) is 24.7 Å². The summed E-state index contributed by atoms with van der Waals surface area (Å²) < 4.78 is 44.2. The van der Waals surface area contributed by atoms with Gasteiger partial charge in [-0.1, -0.05) is 24.3 Å². The molecule has 0 bridgehead atoms. The number of rotatable bonds is 11. The molecule has 0 unspecified atom stereocenters. The van der Waals surface area contributed by atoms with Gasteiger partial charge >= 0.3 is 0 Å². The third kappa shape index (κ3) is 7.38. The molecule has 0 aliphatic rings. The first-order chi connectivity index (χ1) is 13.8. The minimum atomic E-state index is -3.52. The number of hydrogen-bond donors (Lipinski definition) is 1. The molecular weight excluding hydrogens is 395 g/mol. The van der Waals surface area contributed by atoms with Crippen molar-refractivity contribution in [3.8, 4) is 5.75 Å². The lowest BCUT2D eigenvalue weighted by molar-refractivity contribution is -0.121. The average molecular weight is 423 g/mol. The summed E-state index contributed by atoms with van der Waals surface area (Å²) in [5, 5.41) is 2.80. The number of nitrogens with one attached hydrogen (secondary N) is 1. The van der Waals surface area contributed by atoms with Crippen molar-refractivity contribution in [2.75, 3.05) is 30.3 Å². The minimum Gasteiger partial charge on any atom is -0.492 e. The Kier molecular flexibility index (Phi) is 8.45. The van der Waals surface area contributed by atoms with Crippen LogP contribution in [0.15, 0.2) is 48.5 Å². The van der Waals surface area contributed by atoms with E-state index in [0.29, 0.717) is 37.4 Å². The molecule has 0 saturated heterocycles. The van der Waals surface area contributed by atoms with Crippen LogP contribution in [0.2, 0.25) is 0 Å². The van der Waals surface area contributed by atoms with Crippen LogP contribution in [0.4, 0.5) is 10.1 Å². The Morgan fingerprint density at radius 3 is 2.48 bits per heavy atom. The molecule has 2 aromatic carbocycles. The maximum absolute atomic E-state index is 12.9. The van der Waals surface area contributed by atoms with E-state index in [1.807, 2.05) is 6.92 Å². The minimum absolute atomic E-state index is 0.154. The molecule has 0 radical (unpaired) electrons. The Labute approximate surface area is 171 Å². The molecule has 1 N–H and O–H groups in total. The monoisotopic (exact) mass is 422 g/mol. The van der Waals surface area contributed by atoms with Crippen LogP contribution in [0.25, 0.3) is 0 Å². The molecule has 0 heterocycles. The first-order valence-corrected chi connectivity index (χ1v) is 11.4. The number of carbonyl (C=O) groups is 1. The van der Waals surface area contributed by atoms with E-state index in [4.69, 9.17) is 4.74 Å². The van der Waals surface area contributed by atoms with Crippen LogP contribution in [0.3, 0.4) is 0 Å². The van der Waals surface area contributed by atoms with Gasteiger partial charge in [0.2, 0.25) is 15.9 Å². The van der Waals surface area contributed by atoms with Crippen LogP contribution >= 0.6 is 0 Å². The summed E-state index contributed by atoms with van der Waals surface area (Å²) in [5.74, 6) is 0.0435. The predicted octanol–water partition coefficient (Wildman–Crippen LogP) is 3.13. The van der Waals surface area contributed by atoms with E-state index < -0.39 is 10.0 Å². The number of sulfonamides is 1. The smallest absolute Gasteiger partial charge is 0.232 e. The van der Waals surface area contributed by atoms with E-state index >= 15 is 0 Å². The predicted molar refractivity (Wildman–Crippen MR) is 112 cm³/mol. The summed E-state index contributed by atoms with van der Waals surface area (Å²) in [5.41, 5.74) is 1.40. The number of para-hydroxylation sites is 2. The number of halogens is 1. The molecule has 2 rings (SSSR count). The molecule has 6 nitrogen and oxygen atoms in total. The molecule has 158 valence electrons. The van der Waals surface area contributed by atoms with Gasteiger partial charge in [0.05, 0.1) is 18.6 Å². The summed E-state index contributed by atoms with van der Waals surface area (Å²) in [6, 6.07) is 13.1. The molecule has 8 heteroatoms. The molecule has 0 aliphatic carbocycles. The van der Waals surface area contributed by atoms with Gasteiger partial charge < -0.3 is 10.1 Å². The van der Waals surface area contributed by atoms with Crippen molar-refractivity contribution < 1.29 is 22.3 Å². The third-order valence-electron chi connectivity index (χ3n) is 4.25. The Bertz CT molecular complexity index is 901. The molecule has 0 aliphatic heterocycles. The van der Waals surface area contributed by atoms with Crippen molar-refractivity contribution >= 4 is 21.6 Å². The number of anilines is 1. The molecule has 2 aromatic rings. The summed E-state index contributed by atoms with van der Waals surface area (Å²) in [6.07, 6.45) is 2.31. The van der Waals surface area contributed by atoms with E-state index in [2.05, 4.69) is 5.32 Å². The van der Waals surface area contributed by atoms with Gasteiger partial charge in [0.25, 0.3) is 0 Å². The van der Waals surface area contributed by atoms with Crippen molar-refractivity contribution in [1.82, 2.24) is 5.32 Å². The number of hydrogen-bond acceptors (Lipinski definition) is 4. The van der Waals surface area contributed by atoms with Gasteiger partial charge in [-0.2, -0.15) is 0 Å². The molecule has 0 atom stereocenters. The van der Waals surface area contributed by atoms with Gasteiger partial charge in [-0.05, 0) is 49.6 Å². The van der Waals surface area contributed by atoms with Crippen molar-refractivity contribution in [3.63, 3.8) is 0 Å². The highest BCUT2D eigenvalue weighted by molar-refractivity contribution is 7.92. The Hall–Kier alpha value is -2.61. The molecule has 0 spiro atoms. The van der Waals surface area contributed by atoms with Crippen molar-refractivity contribution in [2.45, 2.75) is 26.2 Å². The van der Waals surface area contributed by atoms with Crippen LogP contribution in [-0.4, -0.2) is 40.3 Å². The molecule has 0 saturated carbocycles. The SMILES string of the molecule is CCOc1ccccc1N(CCCC(=O)NCCc1ccc(F)cc1)S(C)(=O)=O. The second-order valence-corrected chi connectivity index (χ2v) is 8.47. The lowest BCUT2D eigenvalue weighted by Crippen LogP contribution is -2.32. The maximum Gasteiger partial charge on any atom is 0.232 e. The quantitative estimate of drug-likeness (QED) is 0.604. The molecule has 0 aromatic heterocycles. The number of amides is 1. The van der Waals surface area contributed by atoms with E-state index in [0.717, 1.165) is 11.8 Å². The zero-order valence-corrected chi connectivity index (χ0v) is 17.5. The van der Waals surface area contributed by atoms with Crippen molar-refractivity contribution in [1.29, 1.82) is 0 Å². The summed E-state index contributed by atoms with van der Waals surface area (Å²) in [4.78, 5) is 12.1. The Morgan fingerprint density at radius 2 is 1.83 bits per heavy atom. The number of ether oxygens (including phenoxy) is 1. The number of carbonyl (C=O) groups excluding carboxylic acids is 1. The molecular formula is C21H27FN2O4S.